The average Bonchev–Trinajstić information content (AvgIpc) is 2.03. The van der Waals surface area contributed by atoms with Gasteiger partial charge in [-0.3, -0.25) is 0 Å². The van der Waals surface area contributed by atoms with Crippen LogP contribution in [0.4, 0.5) is 0 Å². The maximum Gasteiger partial charge on any atom is 0.179 e. The van der Waals surface area contributed by atoms with Crippen LogP contribution in [0, 0.1) is 0 Å². The van der Waals surface area contributed by atoms with Gasteiger partial charge in [-0.25, -0.2) is 0 Å². The van der Waals surface area contributed by atoms with Crippen molar-refractivity contribution in [2.24, 2.45) is 0 Å². The van der Waals surface area contributed by atoms with E-state index in [1.165, 1.54) is 5.57 Å². The Balaban J connectivity index is 3.93. The van der Waals surface area contributed by atoms with Gasteiger partial charge in [0.2, 0.25) is 0 Å². The number of hydrogen-bond donors (Lipinski definition) is 0. The SMILES string of the molecule is C=C(CC=C(C)C)C(OC)OC. The minimum Gasteiger partial charge on any atom is -0.352 e. The summed E-state index contributed by atoms with van der Waals surface area (Å²) in [7, 11) is 3.23. The maximum absolute atomic E-state index is 5.04. The van der Waals surface area contributed by atoms with Crippen molar-refractivity contribution >= 4 is 0 Å². The molecule has 70 valence electrons. The lowest BCUT2D eigenvalue weighted by Gasteiger charge is -2.14. The number of hydrogen-bond acceptors (Lipinski definition) is 2. The minimum atomic E-state index is -0.277. The first-order valence-corrected chi connectivity index (χ1v) is 3.98. The highest BCUT2D eigenvalue weighted by molar-refractivity contribution is 5.08. The van der Waals surface area contributed by atoms with Gasteiger partial charge in [0.25, 0.3) is 0 Å². The van der Waals surface area contributed by atoms with Crippen molar-refractivity contribution in [2.75, 3.05) is 14.2 Å². The van der Waals surface area contributed by atoms with Crippen LogP contribution in [0.5, 0.6) is 0 Å². The molecule has 0 amide bonds. The molecule has 0 aliphatic heterocycles. The molecule has 0 aromatic heterocycles. The topological polar surface area (TPSA) is 18.5 Å². The first-order valence-electron chi connectivity index (χ1n) is 3.98. The summed E-state index contributed by atoms with van der Waals surface area (Å²) in [5.41, 5.74) is 2.23. The Hall–Kier alpha value is -0.600. The zero-order valence-corrected chi connectivity index (χ0v) is 8.39. The molecule has 0 aromatic carbocycles. The van der Waals surface area contributed by atoms with Crippen LogP contribution in [0.2, 0.25) is 0 Å². The lowest BCUT2D eigenvalue weighted by molar-refractivity contribution is -0.0755. The highest BCUT2D eigenvalue weighted by Crippen LogP contribution is 2.10. The van der Waals surface area contributed by atoms with Gasteiger partial charge >= 0.3 is 0 Å². The molecule has 0 spiro atoms. The minimum absolute atomic E-state index is 0.277. The van der Waals surface area contributed by atoms with E-state index in [-0.39, 0.29) is 6.29 Å². The predicted octanol–water partition coefficient (Wildman–Crippen LogP) is 2.52. The summed E-state index contributed by atoms with van der Waals surface area (Å²) < 4.78 is 10.1. The molecule has 0 fully saturated rings. The van der Waals surface area contributed by atoms with Crippen LogP contribution in [-0.2, 0) is 9.47 Å². The van der Waals surface area contributed by atoms with Crippen LogP contribution in [-0.4, -0.2) is 20.5 Å². The van der Waals surface area contributed by atoms with Crippen LogP contribution in [0.1, 0.15) is 20.3 Å². The Labute approximate surface area is 74.9 Å². The van der Waals surface area contributed by atoms with Crippen LogP contribution in [0.15, 0.2) is 23.8 Å². The van der Waals surface area contributed by atoms with E-state index >= 15 is 0 Å². The lowest BCUT2D eigenvalue weighted by Crippen LogP contribution is -2.14. The van der Waals surface area contributed by atoms with E-state index in [4.69, 9.17) is 9.47 Å². The average molecular weight is 170 g/mol. The lowest BCUT2D eigenvalue weighted by atomic mass is 10.1. The largest absolute Gasteiger partial charge is 0.352 e. The zero-order valence-electron chi connectivity index (χ0n) is 8.39. The second-order valence-corrected chi connectivity index (χ2v) is 2.95. The van der Waals surface area contributed by atoms with Gasteiger partial charge in [-0.05, 0) is 25.8 Å². The number of methoxy groups -OCH3 is 2. The van der Waals surface area contributed by atoms with Crippen LogP contribution in [0.3, 0.4) is 0 Å². The van der Waals surface area contributed by atoms with Crippen molar-refractivity contribution in [3.63, 3.8) is 0 Å². The Morgan fingerprint density at radius 2 is 1.83 bits per heavy atom. The fraction of sp³-hybridized carbons (Fsp3) is 0.600. The molecule has 2 nitrogen and oxygen atoms in total. The molecule has 0 saturated heterocycles. The van der Waals surface area contributed by atoms with Crippen molar-refractivity contribution in [3.05, 3.63) is 23.8 Å². The van der Waals surface area contributed by atoms with Gasteiger partial charge in [-0.2, -0.15) is 0 Å². The predicted molar refractivity (Wildman–Crippen MR) is 51.0 cm³/mol. The van der Waals surface area contributed by atoms with E-state index < -0.39 is 0 Å². The molecule has 2 heteroatoms. The summed E-state index contributed by atoms with van der Waals surface area (Å²) >= 11 is 0. The van der Waals surface area contributed by atoms with Gasteiger partial charge in [0.1, 0.15) is 0 Å². The van der Waals surface area contributed by atoms with Crippen LogP contribution >= 0.6 is 0 Å². The van der Waals surface area contributed by atoms with Gasteiger partial charge in [0.05, 0.1) is 0 Å². The van der Waals surface area contributed by atoms with E-state index in [1.54, 1.807) is 14.2 Å². The third kappa shape index (κ3) is 4.31. The fourth-order valence-electron chi connectivity index (χ4n) is 0.861. The molecular weight excluding hydrogens is 152 g/mol. The van der Waals surface area contributed by atoms with Crippen molar-refractivity contribution in [2.45, 2.75) is 26.6 Å². The highest BCUT2D eigenvalue weighted by Gasteiger charge is 2.07. The molecular formula is C10H18O2. The molecule has 0 rings (SSSR count). The second-order valence-electron chi connectivity index (χ2n) is 2.95. The molecule has 0 aliphatic rings. The maximum atomic E-state index is 5.04. The normalized spacial score (nSPS) is 10.1. The monoisotopic (exact) mass is 170 g/mol. The standard InChI is InChI=1S/C10H18O2/c1-8(2)6-7-9(3)10(11-4)12-5/h6,10H,3,7H2,1-2,4-5H3. The van der Waals surface area contributed by atoms with Gasteiger partial charge < -0.3 is 9.47 Å². The summed E-state index contributed by atoms with van der Waals surface area (Å²) in [6.07, 6.45) is 2.64. The fourth-order valence-corrected chi connectivity index (χ4v) is 0.861. The second kappa shape index (κ2) is 5.98. The van der Waals surface area contributed by atoms with Crippen molar-refractivity contribution in [3.8, 4) is 0 Å². The molecule has 0 unspecified atom stereocenters. The molecule has 0 aromatic rings. The summed E-state index contributed by atoms with van der Waals surface area (Å²) in [6.45, 7) is 7.99. The van der Waals surface area contributed by atoms with E-state index in [0.29, 0.717) is 0 Å². The third-order valence-electron chi connectivity index (χ3n) is 1.53. The smallest absolute Gasteiger partial charge is 0.179 e. The van der Waals surface area contributed by atoms with Crippen molar-refractivity contribution in [1.82, 2.24) is 0 Å². The van der Waals surface area contributed by atoms with Gasteiger partial charge in [0, 0.05) is 14.2 Å². The first kappa shape index (κ1) is 11.4. The Kier molecular flexibility index (Phi) is 5.68. The quantitative estimate of drug-likeness (QED) is 0.466. The first-order chi connectivity index (χ1) is 5.61. The Bertz CT molecular complexity index is 163. The number of ether oxygens (including phenoxy) is 2. The molecule has 0 saturated carbocycles. The highest BCUT2D eigenvalue weighted by atomic mass is 16.7. The Morgan fingerprint density at radius 1 is 1.33 bits per heavy atom. The van der Waals surface area contributed by atoms with Gasteiger partial charge in [-0.15, -0.1) is 0 Å². The summed E-state index contributed by atoms with van der Waals surface area (Å²) in [6, 6.07) is 0. The zero-order chi connectivity index (χ0) is 9.56. The molecule has 12 heavy (non-hydrogen) atoms. The molecule has 0 aliphatic carbocycles. The van der Waals surface area contributed by atoms with Gasteiger partial charge in [-0.1, -0.05) is 18.2 Å². The summed E-state index contributed by atoms with van der Waals surface area (Å²) in [5.74, 6) is 0. The van der Waals surface area contributed by atoms with E-state index in [2.05, 4.69) is 26.5 Å². The molecule has 0 heterocycles. The van der Waals surface area contributed by atoms with Crippen LogP contribution in [0.25, 0.3) is 0 Å². The van der Waals surface area contributed by atoms with Crippen LogP contribution < -0.4 is 0 Å². The van der Waals surface area contributed by atoms with E-state index in [9.17, 15) is 0 Å². The Morgan fingerprint density at radius 3 is 2.17 bits per heavy atom. The summed E-state index contributed by atoms with van der Waals surface area (Å²) in [5, 5.41) is 0. The number of allylic oxidation sites excluding steroid dienone is 2. The molecule has 0 bridgehead atoms. The van der Waals surface area contributed by atoms with E-state index in [0.717, 1.165) is 12.0 Å². The molecule has 0 N–H and O–H groups in total. The van der Waals surface area contributed by atoms with Crippen molar-refractivity contribution in [1.29, 1.82) is 0 Å². The van der Waals surface area contributed by atoms with Crippen molar-refractivity contribution < 1.29 is 9.47 Å². The van der Waals surface area contributed by atoms with E-state index in [1.807, 2.05) is 0 Å². The third-order valence-corrected chi connectivity index (χ3v) is 1.53. The molecule has 0 radical (unpaired) electrons. The summed E-state index contributed by atoms with van der Waals surface area (Å²) in [4.78, 5) is 0. The van der Waals surface area contributed by atoms with Gasteiger partial charge in [0.15, 0.2) is 6.29 Å². The number of rotatable bonds is 5. The molecule has 0 atom stereocenters.